The summed E-state index contributed by atoms with van der Waals surface area (Å²) < 4.78 is 20.9. The molecule has 146 valence electrons. The maximum Gasteiger partial charge on any atom is 0.340 e. The highest BCUT2D eigenvalue weighted by atomic mass is 35.5. The van der Waals surface area contributed by atoms with Crippen molar-refractivity contribution in [1.29, 1.82) is 0 Å². The number of carbonyl (C=O) groups is 1. The van der Waals surface area contributed by atoms with Crippen molar-refractivity contribution >= 4 is 29.3 Å². The number of halogens is 1. The number of hydrogen-bond acceptors (Lipinski definition) is 8. The molecule has 0 amide bonds. The lowest BCUT2D eigenvalue weighted by atomic mass is 10.2. The van der Waals surface area contributed by atoms with Crippen LogP contribution in [0.25, 0.3) is 11.4 Å². The van der Waals surface area contributed by atoms with E-state index in [2.05, 4.69) is 10.1 Å². The summed E-state index contributed by atoms with van der Waals surface area (Å²) in [5.41, 5.74) is 0.961. The molecular weight excluding hydrogens is 404 g/mol. The van der Waals surface area contributed by atoms with Crippen LogP contribution in [-0.4, -0.2) is 36.6 Å². The van der Waals surface area contributed by atoms with Gasteiger partial charge in [-0.1, -0.05) is 16.8 Å². The molecule has 0 aliphatic heterocycles. The second-order valence-corrected chi connectivity index (χ2v) is 6.79. The van der Waals surface area contributed by atoms with Crippen LogP contribution >= 0.6 is 23.4 Å². The molecule has 0 saturated heterocycles. The van der Waals surface area contributed by atoms with Crippen molar-refractivity contribution in [3.8, 4) is 22.9 Å². The van der Waals surface area contributed by atoms with Crippen LogP contribution < -0.4 is 9.47 Å². The molecule has 0 atom stereocenters. The standard InChI is InChI=1S/C19H17ClN2O5S/c1-24-15-7-4-11(8-16(15)25-2)18-21-17(27-22-18)10-26-19(23)13-9-12(28-3)5-6-14(13)20/h4-9H,10H2,1-3H3. The van der Waals surface area contributed by atoms with Gasteiger partial charge in [0, 0.05) is 10.5 Å². The molecule has 1 aromatic heterocycles. The van der Waals surface area contributed by atoms with Gasteiger partial charge in [0.2, 0.25) is 5.82 Å². The van der Waals surface area contributed by atoms with Crippen LogP contribution in [0.1, 0.15) is 16.2 Å². The molecule has 0 saturated carbocycles. The largest absolute Gasteiger partial charge is 0.493 e. The molecule has 9 heteroatoms. The average Bonchev–Trinajstić information content (AvgIpc) is 3.21. The van der Waals surface area contributed by atoms with Crippen molar-refractivity contribution in [1.82, 2.24) is 10.1 Å². The van der Waals surface area contributed by atoms with Crippen LogP contribution in [0, 0.1) is 0 Å². The topological polar surface area (TPSA) is 83.7 Å². The van der Waals surface area contributed by atoms with Gasteiger partial charge in [-0.2, -0.15) is 4.98 Å². The molecule has 0 bridgehead atoms. The monoisotopic (exact) mass is 420 g/mol. The summed E-state index contributed by atoms with van der Waals surface area (Å²) in [6, 6.07) is 10.4. The number of rotatable bonds is 7. The van der Waals surface area contributed by atoms with Gasteiger partial charge in [-0.15, -0.1) is 11.8 Å². The van der Waals surface area contributed by atoms with Crippen LogP contribution in [-0.2, 0) is 11.3 Å². The van der Waals surface area contributed by atoms with Crippen LogP contribution in [0.4, 0.5) is 0 Å². The highest BCUT2D eigenvalue weighted by Gasteiger charge is 2.16. The zero-order chi connectivity index (χ0) is 20.1. The molecule has 3 rings (SSSR count). The molecule has 2 aromatic carbocycles. The number of benzene rings is 2. The third-order valence-corrected chi connectivity index (χ3v) is 4.88. The Morgan fingerprint density at radius 2 is 1.93 bits per heavy atom. The van der Waals surface area contributed by atoms with Crippen molar-refractivity contribution in [2.45, 2.75) is 11.5 Å². The minimum Gasteiger partial charge on any atom is -0.493 e. The van der Waals surface area contributed by atoms with Crippen LogP contribution in [0.3, 0.4) is 0 Å². The van der Waals surface area contributed by atoms with Gasteiger partial charge in [-0.05, 0) is 42.7 Å². The van der Waals surface area contributed by atoms with E-state index in [0.717, 1.165) is 4.90 Å². The summed E-state index contributed by atoms with van der Waals surface area (Å²) in [6.07, 6.45) is 1.91. The number of esters is 1. The van der Waals surface area contributed by atoms with E-state index in [4.69, 9.17) is 30.3 Å². The highest BCUT2D eigenvalue weighted by molar-refractivity contribution is 7.98. The number of thioether (sulfide) groups is 1. The minimum atomic E-state index is -0.563. The Morgan fingerprint density at radius 3 is 2.64 bits per heavy atom. The zero-order valence-corrected chi connectivity index (χ0v) is 17.0. The number of methoxy groups -OCH3 is 2. The van der Waals surface area contributed by atoms with E-state index >= 15 is 0 Å². The third kappa shape index (κ3) is 4.40. The fourth-order valence-corrected chi connectivity index (χ4v) is 3.03. The molecule has 0 aliphatic rings. The van der Waals surface area contributed by atoms with Crippen LogP contribution in [0.15, 0.2) is 45.8 Å². The molecule has 0 N–H and O–H groups in total. The first kappa shape index (κ1) is 20.0. The Labute approximate surface area is 170 Å². The first-order valence-electron chi connectivity index (χ1n) is 8.11. The predicted molar refractivity (Wildman–Crippen MR) is 105 cm³/mol. The highest BCUT2D eigenvalue weighted by Crippen LogP contribution is 2.31. The lowest BCUT2D eigenvalue weighted by Crippen LogP contribution is -2.06. The summed E-state index contributed by atoms with van der Waals surface area (Å²) in [4.78, 5) is 17.5. The molecule has 1 heterocycles. The quantitative estimate of drug-likeness (QED) is 0.408. The van der Waals surface area contributed by atoms with E-state index in [1.54, 1.807) is 44.6 Å². The molecule has 0 fully saturated rings. The van der Waals surface area contributed by atoms with Gasteiger partial charge in [-0.3, -0.25) is 0 Å². The first-order valence-corrected chi connectivity index (χ1v) is 9.71. The SMILES string of the molecule is COc1ccc(-c2noc(COC(=O)c3cc(SC)ccc3Cl)n2)cc1OC. The van der Waals surface area contributed by atoms with E-state index in [-0.39, 0.29) is 18.1 Å². The number of carbonyl (C=O) groups excluding carboxylic acids is 1. The molecule has 28 heavy (non-hydrogen) atoms. The molecule has 3 aromatic rings. The summed E-state index contributed by atoms with van der Waals surface area (Å²) in [5, 5.41) is 4.23. The molecule has 0 radical (unpaired) electrons. The minimum absolute atomic E-state index is 0.162. The number of aromatic nitrogens is 2. The fourth-order valence-electron chi connectivity index (χ4n) is 2.40. The average molecular weight is 421 g/mol. The summed E-state index contributed by atoms with van der Waals surface area (Å²) in [5.74, 6) is 1.07. The van der Waals surface area contributed by atoms with E-state index in [1.807, 2.05) is 12.3 Å². The Hall–Kier alpha value is -2.71. The van der Waals surface area contributed by atoms with E-state index in [9.17, 15) is 4.79 Å². The molecule has 0 aliphatic carbocycles. The Kier molecular flexibility index (Phi) is 6.43. The van der Waals surface area contributed by atoms with Gasteiger partial charge < -0.3 is 18.7 Å². The van der Waals surface area contributed by atoms with Crippen LogP contribution in [0.5, 0.6) is 11.5 Å². The maximum absolute atomic E-state index is 12.3. The Bertz CT molecular complexity index is 992. The van der Waals surface area contributed by atoms with Gasteiger partial charge in [0.15, 0.2) is 18.1 Å². The lowest BCUT2D eigenvalue weighted by molar-refractivity contribution is 0.0429. The number of hydrogen-bond donors (Lipinski definition) is 0. The Morgan fingerprint density at radius 1 is 1.14 bits per heavy atom. The maximum atomic E-state index is 12.3. The van der Waals surface area contributed by atoms with Crippen molar-refractivity contribution in [2.75, 3.05) is 20.5 Å². The van der Waals surface area contributed by atoms with Gasteiger partial charge in [0.25, 0.3) is 5.89 Å². The lowest BCUT2D eigenvalue weighted by Gasteiger charge is -2.07. The third-order valence-electron chi connectivity index (χ3n) is 3.83. The second kappa shape index (κ2) is 8.99. The molecule has 7 nitrogen and oxygen atoms in total. The smallest absolute Gasteiger partial charge is 0.340 e. The van der Waals surface area contributed by atoms with E-state index < -0.39 is 5.97 Å². The normalized spacial score (nSPS) is 10.6. The van der Waals surface area contributed by atoms with E-state index in [1.165, 1.54) is 11.8 Å². The Balaban J connectivity index is 1.71. The van der Waals surface area contributed by atoms with Crippen molar-refractivity contribution < 1.29 is 23.5 Å². The summed E-state index contributed by atoms with van der Waals surface area (Å²) >= 11 is 7.59. The molecule has 0 spiro atoms. The summed E-state index contributed by atoms with van der Waals surface area (Å²) in [6.45, 7) is -0.168. The molecule has 0 unspecified atom stereocenters. The predicted octanol–water partition coefficient (Wildman–Crippen LogP) is 4.49. The van der Waals surface area contributed by atoms with Gasteiger partial charge >= 0.3 is 5.97 Å². The van der Waals surface area contributed by atoms with Gasteiger partial charge in [-0.25, -0.2) is 4.79 Å². The second-order valence-electron chi connectivity index (χ2n) is 5.50. The number of nitrogens with zero attached hydrogens (tertiary/aromatic N) is 2. The van der Waals surface area contributed by atoms with Crippen LogP contribution in [0.2, 0.25) is 5.02 Å². The van der Waals surface area contributed by atoms with Crippen molar-refractivity contribution in [3.05, 3.63) is 52.9 Å². The first-order chi connectivity index (χ1) is 13.5. The number of ether oxygens (including phenoxy) is 3. The summed E-state index contributed by atoms with van der Waals surface area (Å²) in [7, 11) is 3.10. The molecular formula is C19H17ClN2O5S. The fraction of sp³-hybridized carbons (Fsp3) is 0.211. The van der Waals surface area contributed by atoms with Crippen molar-refractivity contribution in [3.63, 3.8) is 0 Å². The van der Waals surface area contributed by atoms with Gasteiger partial charge in [0.1, 0.15) is 0 Å². The zero-order valence-electron chi connectivity index (χ0n) is 15.4. The van der Waals surface area contributed by atoms with Crippen molar-refractivity contribution in [2.24, 2.45) is 0 Å². The van der Waals surface area contributed by atoms with E-state index in [0.29, 0.717) is 27.9 Å². The van der Waals surface area contributed by atoms with Gasteiger partial charge in [0.05, 0.1) is 24.8 Å².